The predicted molar refractivity (Wildman–Crippen MR) is 81.4 cm³/mol. The number of rotatable bonds is 5. The van der Waals surface area contributed by atoms with E-state index in [0.29, 0.717) is 11.5 Å². The van der Waals surface area contributed by atoms with Gasteiger partial charge < -0.3 is 5.32 Å². The van der Waals surface area contributed by atoms with Crippen LogP contribution >= 0.6 is 0 Å². The minimum Gasteiger partial charge on any atom is -0.314 e. The fourth-order valence-corrected chi connectivity index (χ4v) is 3.50. The van der Waals surface area contributed by atoms with Crippen LogP contribution in [0.5, 0.6) is 0 Å². The monoisotopic (exact) mass is 273 g/mol. The van der Waals surface area contributed by atoms with Crippen molar-refractivity contribution in [3.8, 4) is 0 Å². The second-order valence-corrected chi connectivity index (χ2v) is 8.41. The van der Waals surface area contributed by atoms with Gasteiger partial charge in [0.2, 0.25) is 0 Å². The van der Waals surface area contributed by atoms with Crippen LogP contribution in [-0.2, 0) is 10.8 Å². The Hall–Kier alpha value is 0.110. The summed E-state index contributed by atoms with van der Waals surface area (Å²) in [7, 11) is -0.633. The summed E-state index contributed by atoms with van der Waals surface area (Å²) < 4.78 is 11.0. The van der Waals surface area contributed by atoms with Gasteiger partial charge in [-0.15, -0.1) is 0 Å². The van der Waals surface area contributed by atoms with E-state index in [9.17, 15) is 4.21 Å². The van der Waals surface area contributed by atoms with E-state index < -0.39 is 10.8 Å². The van der Waals surface area contributed by atoms with Crippen molar-refractivity contribution in [1.29, 1.82) is 0 Å². The highest BCUT2D eigenvalue weighted by Gasteiger charge is 2.27. The number of hydrogen-bond acceptors (Lipinski definition) is 2. The van der Waals surface area contributed by atoms with E-state index in [1.165, 1.54) is 32.1 Å². The summed E-state index contributed by atoms with van der Waals surface area (Å²) in [6.07, 6.45) is 9.58. The molecule has 108 valence electrons. The van der Waals surface area contributed by atoms with Gasteiger partial charge in [0.15, 0.2) is 0 Å². The van der Waals surface area contributed by atoms with Crippen molar-refractivity contribution >= 4 is 10.8 Å². The highest BCUT2D eigenvalue weighted by atomic mass is 32.2. The van der Waals surface area contributed by atoms with Crippen LogP contribution in [0.4, 0.5) is 0 Å². The average Bonchev–Trinajstić information content (AvgIpc) is 2.48. The van der Waals surface area contributed by atoms with Gasteiger partial charge in [0.1, 0.15) is 0 Å². The lowest BCUT2D eigenvalue weighted by Crippen LogP contribution is -2.30. The van der Waals surface area contributed by atoms with E-state index in [4.69, 9.17) is 0 Å². The quantitative estimate of drug-likeness (QED) is 0.615. The molecule has 0 aromatic carbocycles. The maximum atomic E-state index is 11.0. The summed E-state index contributed by atoms with van der Waals surface area (Å²) in [5.41, 5.74) is 0.466. The molecule has 18 heavy (non-hydrogen) atoms. The van der Waals surface area contributed by atoms with Gasteiger partial charge in [-0.2, -0.15) is 0 Å². The van der Waals surface area contributed by atoms with Crippen LogP contribution in [0.1, 0.15) is 59.3 Å². The standard InChI is InChI=1S/C15H31NOS/c1-15(2,3)13-7-5-8-14(10-9-13)16-11-6-12-18(4)17/h13-14,16H,5-12H2,1-4H3. The Morgan fingerprint density at radius 1 is 1.17 bits per heavy atom. The summed E-state index contributed by atoms with van der Waals surface area (Å²) in [6.45, 7) is 8.16. The lowest BCUT2D eigenvalue weighted by Gasteiger charge is -2.29. The number of nitrogens with one attached hydrogen (secondary N) is 1. The zero-order chi connectivity index (χ0) is 13.6. The van der Waals surface area contributed by atoms with E-state index >= 15 is 0 Å². The first-order valence-corrected chi connectivity index (χ1v) is 9.15. The molecule has 1 fully saturated rings. The molecule has 0 radical (unpaired) electrons. The third-order valence-corrected chi connectivity index (χ3v) is 5.10. The molecule has 0 aromatic rings. The molecule has 2 nitrogen and oxygen atoms in total. The lowest BCUT2D eigenvalue weighted by atomic mass is 9.76. The van der Waals surface area contributed by atoms with E-state index in [2.05, 4.69) is 26.1 Å². The van der Waals surface area contributed by atoms with Crippen molar-refractivity contribution in [3.63, 3.8) is 0 Å². The predicted octanol–water partition coefficient (Wildman–Crippen LogP) is 3.34. The summed E-state index contributed by atoms with van der Waals surface area (Å²) >= 11 is 0. The van der Waals surface area contributed by atoms with E-state index in [1.807, 2.05) is 0 Å². The molecule has 0 aromatic heterocycles. The van der Waals surface area contributed by atoms with Gasteiger partial charge in [-0.25, -0.2) is 0 Å². The molecule has 0 aliphatic heterocycles. The molecule has 1 aliphatic rings. The normalized spacial score (nSPS) is 27.8. The smallest absolute Gasteiger partial charge is 0.0244 e. The first-order valence-electron chi connectivity index (χ1n) is 7.43. The molecule has 3 atom stereocenters. The van der Waals surface area contributed by atoms with E-state index in [1.54, 1.807) is 6.26 Å². The first-order chi connectivity index (χ1) is 8.39. The van der Waals surface area contributed by atoms with Crippen molar-refractivity contribution in [3.05, 3.63) is 0 Å². The third kappa shape index (κ3) is 6.33. The van der Waals surface area contributed by atoms with Crippen LogP contribution in [0.2, 0.25) is 0 Å². The van der Waals surface area contributed by atoms with Gasteiger partial charge in [0.25, 0.3) is 0 Å². The Balaban J connectivity index is 2.23. The van der Waals surface area contributed by atoms with Gasteiger partial charge in [0, 0.05) is 28.9 Å². The van der Waals surface area contributed by atoms with E-state index in [0.717, 1.165) is 24.6 Å². The average molecular weight is 273 g/mol. The van der Waals surface area contributed by atoms with Crippen molar-refractivity contribution in [2.45, 2.75) is 65.3 Å². The van der Waals surface area contributed by atoms with Crippen molar-refractivity contribution in [2.75, 3.05) is 18.6 Å². The molecule has 1 N–H and O–H groups in total. The molecule has 0 heterocycles. The molecule has 0 spiro atoms. The van der Waals surface area contributed by atoms with Gasteiger partial charge in [0.05, 0.1) is 0 Å². The minimum atomic E-state index is -0.633. The SMILES string of the molecule is CS(=O)CCCNC1CCCC(C(C)(C)C)CC1. The topological polar surface area (TPSA) is 29.1 Å². The molecule has 0 saturated heterocycles. The second kappa shape index (κ2) is 7.64. The zero-order valence-corrected chi connectivity index (χ0v) is 13.4. The van der Waals surface area contributed by atoms with Crippen LogP contribution in [0.3, 0.4) is 0 Å². The molecule has 3 unspecified atom stereocenters. The van der Waals surface area contributed by atoms with Crippen LogP contribution in [0.25, 0.3) is 0 Å². The van der Waals surface area contributed by atoms with Crippen molar-refractivity contribution in [1.82, 2.24) is 5.32 Å². The van der Waals surface area contributed by atoms with Gasteiger partial charge >= 0.3 is 0 Å². The molecule has 1 aliphatic carbocycles. The maximum Gasteiger partial charge on any atom is 0.0244 e. The van der Waals surface area contributed by atoms with Crippen molar-refractivity contribution < 1.29 is 4.21 Å². The molecule has 0 amide bonds. The molecule has 1 saturated carbocycles. The van der Waals surface area contributed by atoms with Crippen LogP contribution < -0.4 is 5.32 Å². The molecule has 3 heteroatoms. The van der Waals surface area contributed by atoms with Gasteiger partial charge in [-0.05, 0) is 50.0 Å². The highest BCUT2D eigenvalue weighted by molar-refractivity contribution is 7.84. The first kappa shape index (κ1) is 16.2. The fourth-order valence-electron chi connectivity index (χ4n) is 2.95. The molecule has 0 bridgehead atoms. The Kier molecular flexibility index (Phi) is 6.86. The Morgan fingerprint density at radius 3 is 2.50 bits per heavy atom. The zero-order valence-electron chi connectivity index (χ0n) is 12.6. The lowest BCUT2D eigenvalue weighted by molar-refractivity contribution is 0.213. The van der Waals surface area contributed by atoms with Crippen LogP contribution in [-0.4, -0.2) is 28.8 Å². The summed E-state index contributed by atoms with van der Waals surface area (Å²) in [5, 5.41) is 3.65. The largest absolute Gasteiger partial charge is 0.314 e. The Morgan fingerprint density at radius 2 is 1.89 bits per heavy atom. The molecular formula is C15H31NOS. The Bertz CT molecular complexity index is 260. The van der Waals surface area contributed by atoms with Crippen molar-refractivity contribution in [2.24, 2.45) is 11.3 Å². The molecule has 1 rings (SSSR count). The Labute approximate surface area is 116 Å². The van der Waals surface area contributed by atoms with Gasteiger partial charge in [-0.3, -0.25) is 4.21 Å². The number of hydrogen-bond donors (Lipinski definition) is 1. The minimum absolute atomic E-state index is 0.466. The summed E-state index contributed by atoms with van der Waals surface area (Å²) in [6, 6.07) is 0.697. The molecular weight excluding hydrogens is 242 g/mol. The summed E-state index contributed by atoms with van der Waals surface area (Å²) in [5.74, 6) is 1.72. The van der Waals surface area contributed by atoms with Crippen LogP contribution in [0, 0.1) is 11.3 Å². The van der Waals surface area contributed by atoms with Crippen LogP contribution in [0.15, 0.2) is 0 Å². The fraction of sp³-hybridized carbons (Fsp3) is 1.00. The van der Waals surface area contributed by atoms with E-state index in [-0.39, 0.29) is 0 Å². The summed E-state index contributed by atoms with van der Waals surface area (Å²) in [4.78, 5) is 0. The third-order valence-electron chi connectivity index (χ3n) is 4.24. The second-order valence-electron chi connectivity index (χ2n) is 6.85. The maximum absolute atomic E-state index is 11.0. The van der Waals surface area contributed by atoms with Gasteiger partial charge in [-0.1, -0.05) is 27.2 Å². The highest BCUT2D eigenvalue weighted by Crippen LogP contribution is 2.36.